The summed E-state index contributed by atoms with van der Waals surface area (Å²) in [6.07, 6.45) is 9.66. The number of aliphatic hydroxyl groups is 1. The van der Waals surface area contributed by atoms with Gasteiger partial charge < -0.3 is 14.7 Å². The fourth-order valence-electron chi connectivity index (χ4n) is 5.95. The van der Waals surface area contributed by atoms with Gasteiger partial charge >= 0.3 is 0 Å². The average Bonchev–Trinajstić information content (AvgIpc) is 2.90. The first-order chi connectivity index (χ1) is 17.0. The number of methoxy groups -OCH3 is 1. The fourth-order valence-corrected chi connectivity index (χ4v) is 5.95. The molecule has 3 N–H and O–H groups in total. The number of amides is 1. The maximum Gasteiger partial charge on any atom is 0.249 e. The number of hydroxylamine groups is 1. The number of fused-ring (bicyclic) bond motifs is 1. The zero-order valence-corrected chi connectivity index (χ0v) is 20.6. The van der Waals surface area contributed by atoms with Gasteiger partial charge in [-0.25, -0.2) is 9.87 Å². The van der Waals surface area contributed by atoms with E-state index in [0.717, 1.165) is 31.7 Å². The summed E-state index contributed by atoms with van der Waals surface area (Å²) in [6.45, 7) is 2.60. The van der Waals surface area contributed by atoms with Gasteiger partial charge in [-0.15, -0.1) is 0 Å². The number of hydrogen-bond donors (Lipinski definition) is 3. The zero-order chi connectivity index (χ0) is 24.8. The Morgan fingerprint density at radius 3 is 2.71 bits per heavy atom. The second kappa shape index (κ2) is 11.6. The van der Waals surface area contributed by atoms with Crippen LogP contribution in [0.15, 0.2) is 24.4 Å². The maximum atomic E-state index is 14.8. The van der Waals surface area contributed by atoms with Crippen molar-refractivity contribution in [2.45, 2.75) is 70.3 Å². The number of nitrogens with zero attached hydrogens (tertiary/aromatic N) is 2. The van der Waals surface area contributed by atoms with E-state index in [9.17, 15) is 19.5 Å². The third-order valence-corrected chi connectivity index (χ3v) is 8.27. The van der Waals surface area contributed by atoms with Crippen LogP contribution in [-0.2, 0) is 4.79 Å². The van der Waals surface area contributed by atoms with E-state index in [1.54, 1.807) is 18.2 Å². The molecule has 1 aromatic carbocycles. The molecular weight excluding hydrogens is 449 g/mol. The fraction of sp³-hybridized carbons (Fsp3) is 0.630. The number of pyridine rings is 1. The first-order valence-electron chi connectivity index (χ1n) is 12.9. The van der Waals surface area contributed by atoms with E-state index in [-0.39, 0.29) is 12.0 Å². The lowest BCUT2D eigenvalue weighted by Crippen LogP contribution is -2.48. The molecule has 0 spiro atoms. The summed E-state index contributed by atoms with van der Waals surface area (Å²) < 4.78 is 20.1. The molecule has 1 aliphatic carbocycles. The number of benzene rings is 1. The summed E-state index contributed by atoms with van der Waals surface area (Å²) in [5, 5.41) is 21.0. The van der Waals surface area contributed by atoms with Gasteiger partial charge in [0.1, 0.15) is 11.6 Å². The predicted octanol–water partition coefficient (Wildman–Crippen LogP) is 4.75. The van der Waals surface area contributed by atoms with E-state index in [1.165, 1.54) is 45.6 Å². The van der Waals surface area contributed by atoms with Crippen molar-refractivity contribution in [1.82, 2.24) is 15.4 Å². The van der Waals surface area contributed by atoms with E-state index in [2.05, 4.69) is 9.88 Å². The van der Waals surface area contributed by atoms with Gasteiger partial charge in [-0.3, -0.25) is 15.0 Å². The highest BCUT2D eigenvalue weighted by Crippen LogP contribution is 2.40. The summed E-state index contributed by atoms with van der Waals surface area (Å²) >= 11 is 0. The molecule has 0 radical (unpaired) electrons. The predicted molar refractivity (Wildman–Crippen MR) is 132 cm³/mol. The molecule has 1 aromatic heterocycles. The van der Waals surface area contributed by atoms with Crippen LogP contribution < -0.4 is 10.2 Å². The van der Waals surface area contributed by atoms with E-state index in [4.69, 9.17) is 4.74 Å². The monoisotopic (exact) mass is 487 g/mol. The number of likely N-dealkylation sites (tertiary alicyclic amines) is 1. The van der Waals surface area contributed by atoms with Crippen LogP contribution in [0.5, 0.6) is 5.75 Å². The van der Waals surface area contributed by atoms with Gasteiger partial charge in [0.15, 0.2) is 0 Å². The third-order valence-electron chi connectivity index (χ3n) is 8.27. The number of nitrogens with one attached hydrogen (secondary N) is 1. The van der Waals surface area contributed by atoms with E-state index < -0.39 is 23.2 Å². The quantitative estimate of drug-likeness (QED) is 0.349. The summed E-state index contributed by atoms with van der Waals surface area (Å²) in [4.78, 5) is 19.3. The lowest BCUT2D eigenvalue weighted by Gasteiger charge is -2.41. The second-order valence-corrected chi connectivity index (χ2v) is 10.3. The minimum Gasteiger partial charge on any atom is -0.497 e. The molecule has 192 valence electrons. The molecule has 1 saturated carbocycles. The Morgan fingerprint density at radius 2 is 2.03 bits per heavy atom. The summed E-state index contributed by atoms with van der Waals surface area (Å²) in [5.41, 5.74) is 1.80. The Balaban J connectivity index is 1.42. The van der Waals surface area contributed by atoms with Gasteiger partial charge in [-0.1, -0.05) is 32.1 Å². The maximum absolute atomic E-state index is 14.8. The Hall–Kier alpha value is -2.29. The molecule has 0 unspecified atom stereocenters. The molecule has 2 heterocycles. The normalized spacial score (nSPS) is 20.0. The number of rotatable bonds is 9. The van der Waals surface area contributed by atoms with Crippen molar-refractivity contribution in [2.75, 3.05) is 26.7 Å². The number of aromatic nitrogens is 1. The first-order valence-corrected chi connectivity index (χ1v) is 12.9. The standard InChI is InChI=1S/C27H38FN3O4/c1-35-20-7-8-23-21(17-20)25(22(28)18-29-23)24(32)9-11-27(26(33)30-34)12-15-31(16-13-27)14-10-19-5-3-2-4-6-19/h7-8,17-19,24,32,34H,2-6,9-16H2,1H3,(H,30,33)/t24-/m1/s1. The zero-order valence-electron chi connectivity index (χ0n) is 20.6. The SMILES string of the molecule is COc1ccc2ncc(F)c([C@H](O)CCC3(C(=O)NO)CCN(CCC4CCCCC4)CC3)c2c1. The molecule has 0 bridgehead atoms. The van der Waals surface area contributed by atoms with Gasteiger partial charge in [0, 0.05) is 10.9 Å². The van der Waals surface area contributed by atoms with Crippen molar-refractivity contribution in [3.05, 3.63) is 35.8 Å². The molecule has 7 nitrogen and oxygen atoms in total. The second-order valence-electron chi connectivity index (χ2n) is 10.3. The van der Waals surface area contributed by atoms with E-state index in [1.807, 2.05) is 5.48 Å². The van der Waals surface area contributed by atoms with Crippen molar-refractivity contribution in [2.24, 2.45) is 11.3 Å². The highest BCUT2D eigenvalue weighted by atomic mass is 19.1. The summed E-state index contributed by atoms with van der Waals surface area (Å²) in [5.74, 6) is 0.361. The topological polar surface area (TPSA) is 94.9 Å². The summed E-state index contributed by atoms with van der Waals surface area (Å²) in [6, 6.07) is 5.14. The molecule has 2 aliphatic rings. The number of piperidine rings is 1. The molecule has 2 aromatic rings. The average molecular weight is 488 g/mol. The van der Waals surface area contributed by atoms with Gasteiger partial charge in [0.2, 0.25) is 5.91 Å². The molecular formula is C27H38FN3O4. The molecule has 35 heavy (non-hydrogen) atoms. The summed E-state index contributed by atoms with van der Waals surface area (Å²) in [7, 11) is 1.53. The molecule has 1 atom stereocenters. The molecule has 4 rings (SSSR count). The minimum absolute atomic E-state index is 0.165. The number of hydrogen-bond acceptors (Lipinski definition) is 6. The Kier molecular flexibility index (Phi) is 8.57. The first kappa shape index (κ1) is 25.8. The van der Waals surface area contributed by atoms with Crippen LogP contribution in [0, 0.1) is 17.2 Å². The molecule has 1 saturated heterocycles. The van der Waals surface area contributed by atoms with Crippen LogP contribution in [0.3, 0.4) is 0 Å². The lowest BCUT2D eigenvalue weighted by molar-refractivity contribution is -0.143. The Morgan fingerprint density at radius 1 is 1.29 bits per heavy atom. The van der Waals surface area contributed by atoms with Gasteiger partial charge in [0.25, 0.3) is 0 Å². The van der Waals surface area contributed by atoms with Crippen LogP contribution >= 0.6 is 0 Å². The van der Waals surface area contributed by atoms with E-state index in [0.29, 0.717) is 35.9 Å². The van der Waals surface area contributed by atoms with Crippen molar-refractivity contribution < 1.29 is 24.2 Å². The molecule has 1 aliphatic heterocycles. The van der Waals surface area contributed by atoms with Gasteiger partial charge in [0.05, 0.1) is 30.3 Å². The van der Waals surface area contributed by atoms with Crippen molar-refractivity contribution in [3.63, 3.8) is 0 Å². The molecule has 8 heteroatoms. The number of ether oxygens (including phenoxy) is 1. The smallest absolute Gasteiger partial charge is 0.249 e. The van der Waals surface area contributed by atoms with Crippen molar-refractivity contribution in [1.29, 1.82) is 0 Å². The van der Waals surface area contributed by atoms with Crippen molar-refractivity contribution in [3.8, 4) is 5.75 Å². The minimum atomic E-state index is -1.11. The van der Waals surface area contributed by atoms with Crippen LogP contribution in [0.25, 0.3) is 10.9 Å². The van der Waals surface area contributed by atoms with Crippen LogP contribution in [-0.4, -0.2) is 52.8 Å². The molecule has 2 fully saturated rings. The number of aliphatic hydroxyl groups excluding tert-OH is 1. The number of halogens is 1. The highest BCUT2D eigenvalue weighted by molar-refractivity contribution is 5.84. The number of carbonyl (C=O) groups excluding carboxylic acids is 1. The van der Waals surface area contributed by atoms with Crippen LogP contribution in [0.4, 0.5) is 4.39 Å². The third kappa shape index (κ3) is 5.93. The van der Waals surface area contributed by atoms with Crippen LogP contribution in [0.2, 0.25) is 0 Å². The van der Waals surface area contributed by atoms with Crippen molar-refractivity contribution >= 4 is 16.8 Å². The van der Waals surface area contributed by atoms with Gasteiger partial charge in [-0.05, 0) is 75.9 Å². The van der Waals surface area contributed by atoms with Gasteiger partial charge in [-0.2, -0.15) is 0 Å². The molecule has 1 amide bonds. The lowest BCUT2D eigenvalue weighted by atomic mass is 9.73. The largest absolute Gasteiger partial charge is 0.497 e. The van der Waals surface area contributed by atoms with E-state index >= 15 is 0 Å². The highest BCUT2D eigenvalue weighted by Gasteiger charge is 2.41. The Labute approximate surface area is 206 Å². The number of carbonyl (C=O) groups is 1. The Bertz CT molecular complexity index is 1000. The van der Waals surface area contributed by atoms with Crippen LogP contribution in [0.1, 0.15) is 75.9 Å².